The molecule has 0 unspecified atom stereocenters. The van der Waals surface area contributed by atoms with E-state index in [-0.39, 0.29) is 16.8 Å². The molecule has 5 heteroatoms. The second-order valence-electron chi connectivity index (χ2n) is 5.15. The first-order chi connectivity index (χ1) is 10.9. The summed E-state index contributed by atoms with van der Waals surface area (Å²) in [6.07, 6.45) is 2.94. The Labute approximate surface area is 140 Å². The van der Waals surface area contributed by atoms with Crippen LogP contribution in [0.3, 0.4) is 0 Å². The molecule has 2 aromatic rings. The smallest absolute Gasteiger partial charge is 0.250 e. The first-order valence-electron chi connectivity index (χ1n) is 7.07. The minimum atomic E-state index is -0.350. The average molecular weight is 328 g/mol. The molecule has 0 saturated carbocycles. The van der Waals surface area contributed by atoms with E-state index in [0.29, 0.717) is 0 Å². The summed E-state index contributed by atoms with van der Waals surface area (Å²) in [5.41, 5.74) is 3.73. The molecule has 0 atom stereocenters. The van der Waals surface area contributed by atoms with Gasteiger partial charge in [-0.1, -0.05) is 24.3 Å². The molecule has 118 valence electrons. The molecular weight excluding hydrogens is 311 g/mol. The number of thiocarbonyl (C=S) groups is 1. The number of benzene rings is 2. The molecule has 2 rings (SSSR count). The highest BCUT2D eigenvalue weighted by Gasteiger charge is 2.04. The number of aryl methyl sites for hydroxylation is 2. The maximum Gasteiger partial charge on any atom is 0.250 e. The zero-order chi connectivity index (χ0) is 16.8. The summed E-state index contributed by atoms with van der Waals surface area (Å²) in [6.45, 7) is 3.94. The SMILES string of the molecule is Cc1ccc(C)c(NC(=S)NC(=O)C=Cc2ccc(F)cc2)c1. The van der Waals surface area contributed by atoms with Crippen molar-refractivity contribution in [3.63, 3.8) is 0 Å². The van der Waals surface area contributed by atoms with Crippen LogP contribution in [0.15, 0.2) is 48.5 Å². The number of amides is 1. The molecule has 0 aliphatic rings. The Morgan fingerprint density at radius 2 is 1.83 bits per heavy atom. The molecule has 0 heterocycles. The summed E-state index contributed by atoms with van der Waals surface area (Å²) >= 11 is 5.14. The lowest BCUT2D eigenvalue weighted by atomic mass is 10.1. The minimum Gasteiger partial charge on any atom is -0.332 e. The van der Waals surface area contributed by atoms with E-state index in [0.717, 1.165) is 22.4 Å². The Morgan fingerprint density at radius 1 is 1.13 bits per heavy atom. The molecule has 0 fully saturated rings. The second kappa shape index (κ2) is 7.65. The Bertz CT molecular complexity index is 754. The largest absolute Gasteiger partial charge is 0.332 e. The number of halogens is 1. The van der Waals surface area contributed by atoms with Crippen molar-refractivity contribution in [2.45, 2.75) is 13.8 Å². The van der Waals surface area contributed by atoms with Gasteiger partial charge in [-0.3, -0.25) is 10.1 Å². The van der Waals surface area contributed by atoms with Crippen LogP contribution in [-0.2, 0) is 4.79 Å². The van der Waals surface area contributed by atoms with Gasteiger partial charge in [-0.25, -0.2) is 4.39 Å². The lowest BCUT2D eigenvalue weighted by Gasteiger charge is -2.11. The van der Waals surface area contributed by atoms with Crippen molar-refractivity contribution < 1.29 is 9.18 Å². The normalized spacial score (nSPS) is 10.6. The van der Waals surface area contributed by atoms with Crippen LogP contribution in [0, 0.1) is 19.7 Å². The average Bonchev–Trinajstić information content (AvgIpc) is 2.50. The maximum atomic E-state index is 12.8. The Hall–Kier alpha value is -2.53. The molecule has 2 N–H and O–H groups in total. The van der Waals surface area contributed by atoms with E-state index in [9.17, 15) is 9.18 Å². The number of hydrogen-bond donors (Lipinski definition) is 2. The van der Waals surface area contributed by atoms with Crippen molar-refractivity contribution in [1.82, 2.24) is 5.32 Å². The highest BCUT2D eigenvalue weighted by atomic mass is 32.1. The lowest BCUT2D eigenvalue weighted by Crippen LogP contribution is -2.33. The van der Waals surface area contributed by atoms with Gasteiger partial charge < -0.3 is 5.32 Å². The highest BCUT2D eigenvalue weighted by molar-refractivity contribution is 7.80. The Morgan fingerprint density at radius 3 is 2.52 bits per heavy atom. The van der Waals surface area contributed by atoms with E-state index in [1.165, 1.54) is 18.2 Å². The van der Waals surface area contributed by atoms with Gasteiger partial charge in [0.15, 0.2) is 5.11 Å². The molecule has 0 bridgehead atoms. The summed E-state index contributed by atoms with van der Waals surface area (Å²) in [5.74, 6) is -0.664. The van der Waals surface area contributed by atoms with E-state index >= 15 is 0 Å². The van der Waals surface area contributed by atoms with Gasteiger partial charge in [0.25, 0.3) is 0 Å². The number of anilines is 1. The molecule has 0 aromatic heterocycles. The number of carbonyl (C=O) groups is 1. The quantitative estimate of drug-likeness (QED) is 0.662. The third-order valence-electron chi connectivity index (χ3n) is 3.18. The molecule has 3 nitrogen and oxygen atoms in total. The van der Waals surface area contributed by atoms with Crippen molar-refractivity contribution in [1.29, 1.82) is 0 Å². The summed E-state index contributed by atoms with van der Waals surface area (Å²) in [4.78, 5) is 11.8. The van der Waals surface area contributed by atoms with Crippen LogP contribution in [0.5, 0.6) is 0 Å². The number of carbonyl (C=O) groups excluding carboxylic acids is 1. The van der Waals surface area contributed by atoms with Crippen molar-refractivity contribution in [2.75, 3.05) is 5.32 Å². The zero-order valence-corrected chi connectivity index (χ0v) is 13.7. The fourth-order valence-electron chi connectivity index (χ4n) is 1.92. The van der Waals surface area contributed by atoms with E-state index in [1.807, 2.05) is 32.0 Å². The van der Waals surface area contributed by atoms with Crippen molar-refractivity contribution in [2.24, 2.45) is 0 Å². The van der Waals surface area contributed by atoms with Crippen LogP contribution < -0.4 is 10.6 Å². The highest BCUT2D eigenvalue weighted by Crippen LogP contribution is 2.16. The minimum absolute atomic E-state index is 0.229. The molecular formula is C18H17FN2OS. The lowest BCUT2D eigenvalue weighted by molar-refractivity contribution is -0.115. The van der Waals surface area contributed by atoms with Gasteiger partial charge in [0.2, 0.25) is 5.91 Å². The molecule has 0 aliphatic carbocycles. The summed E-state index contributed by atoms with van der Waals surface area (Å²) < 4.78 is 12.8. The van der Waals surface area contributed by atoms with Gasteiger partial charge in [-0.05, 0) is 67.0 Å². The van der Waals surface area contributed by atoms with E-state index < -0.39 is 0 Å². The monoisotopic (exact) mass is 328 g/mol. The molecule has 1 amide bonds. The standard InChI is InChI=1S/C18H17FN2OS/c1-12-3-4-13(2)16(11-12)20-18(23)21-17(22)10-7-14-5-8-15(19)9-6-14/h3-11H,1-2H3,(H2,20,21,22,23). The molecule has 23 heavy (non-hydrogen) atoms. The van der Waals surface area contributed by atoms with E-state index in [2.05, 4.69) is 10.6 Å². The Balaban J connectivity index is 1.93. The van der Waals surface area contributed by atoms with Crippen LogP contribution >= 0.6 is 12.2 Å². The van der Waals surface area contributed by atoms with Crippen molar-refractivity contribution in [3.05, 3.63) is 71.0 Å². The number of rotatable bonds is 3. The maximum absolute atomic E-state index is 12.8. The molecule has 0 radical (unpaired) electrons. The van der Waals surface area contributed by atoms with Crippen LogP contribution in [0.25, 0.3) is 6.08 Å². The fraction of sp³-hybridized carbons (Fsp3) is 0.111. The number of hydrogen-bond acceptors (Lipinski definition) is 2. The van der Waals surface area contributed by atoms with Gasteiger partial charge in [0.05, 0.1) is 0 Å². The topological polar surface area (TPSA) is 41.1 Å². The molecule has 2 aromatic carbocycles. The summed E-state index contributed by atoms with van der Waals surface area (Å²) in [7, 11) is 0. The van der Waals surface area contributed by atoms with Gasteiger partial charge in [0.1, 0.15) is 5.82 Å². The second-order valence-corrected chi connectivity index (χ2v) is 5.55. The van der Waals surface area contributed by atoms with Crippen LogP contribution in [0.1, 0.15) is 16.7 Å². The third-order valence-corrected chi connectivity index (χ3v) is 3.38. The predicted molar refractivity (Wildman–Crippen MR) is 95.7 cm³/mol. The van der Waals surface area contributed by atoms with E-state index in [1.54, 1.807) is 18.2 Å². The van der Waals surface area contributed by atoms with Gasteiger partial charge in [-0.15, -0.1) is 0 Å². The van der Waals surface area contributed by atoms with Gasteiger partial charge in [-0.2, -0.15) is 0 Å². The first-order valence-corrected chi connectivity index (χ1v) is 7.48. The number of nitrogens with one attached hydrogen (secondary N) is 2. The predicted octanol–water partition coefficient (Wildman–Crippen LogP) is 3.97. The zero-order valence-electron chi connectivity index (χ0n) is 12.9. The summed E-state index contributed by atoms with van der Waals surface area (Å²) in [5, 5.41) is 5.81. The first kappa shape index (κ1) is 16.8. The van der Waals surface area contributed by atoms with Crippen LogP contribution in [0.2, 0.25) is 0 Å². The van der Waals surface area contributed by atoms with Crippen molar-refractivity contribution >= 4 is 35.0 Å². The van der Waals surface area contributed by atoms with Crippen LogP contribution in [0.4, 0.5) is 10.1 Å². The molecule has 0 saturated heterocycles. The summed E-state index contributed by atoms with van der Waals surface area (Å²) in [6, 6.07) is 11.8. The van der Waals surface area contributed by atoms with Gasteiger partial charge >= 0.3 is 0 Å². The fourth-order valence-corrected chi connectivity index (χ4v) is 2.13. The van der Waals surface area contributed by atoms with Crippen LogP contribution in [-0.4, -0.2) is 11.0 Å². The van der Waals surface area contributed by atoms with Gasteiger partial charge in [0, 0.05) is 11.8 Å². The van der Waals surface area contributed by atoms with E-state index in [4.69, 9.17) is 12.2 Å². The Kier molecular flexibility index (Phi) is 5.60. The third kappa shape index (κ3) is 5.30. The molecule has 0 spiro atoms. The van der Waals surface area contributed by atoms with Crippen molar-refractivity contribution in [3.8, 4) is 0 Å². The molecule has 0 aliphatic heterocycles.